The minimum absolute atomic E-state index is 0.183. The van der Waals surface area contributed by atoms with Crippen LogP contribution in [0, 0.1) is 12.3 Å². The van der Waals surface area contributed by atoms with Crippen LogP contribution in [-0.4, -0.2) is 14.9 Å². The lowest BCUT2D eigenvalue weighted by Gasteiger charge is -2.36. The van der Waals surface area contributed by atoms with E-state index in [1.165, 1.54) is 0 Å². The molecule has 0 heterocycles. The molecule has 98 valence electrons. The molecule has 0 spiro atoms. The standard InChI is InChI=1S/C15H22O2Si/c1-7-11-16-13-9-8-10-14(12-13)17-18(5,6)15(2,3)4/h1,8-10,12H,11H2,2-6H3. The highest BCUT2D eigenvalue weighted by molar-refractivity contribution is 6.74. The fourth-order valence-corrected chi connectivity index (χ4v) is 2.22. The molecule has 3 heteroatoms. The Hall–Kier alpha value is -1.40. The van der Waals surface area contributed by atoms with E-state index in [2.05, 4.69) is 39.8 Å². The first-order chi connectivity index (χ1) is 8.26. The number of hydrogen-bond acceptors (Lipinski definition) is 2. The molecule has 0 saturated carbocycles. The van der Waals surface area contributed by atoms with E-state index in [0.717, 1.165) is 11.5 Å². The van der Waals surface area contributed by atoms with Gasteiger partial charge in [0, 0.05) is 6.07 Å². The molecule has 0 radical (unpaired) electrons. The maximum Gasteiger partial charge on any atom is 0.250 e. The van der Waals surface area contributed by atoms with Gasteiger partial charge < -0.3 is 9.16 Å². The molecule has 0 atom stereocenters. The number of benzene rings is 1. The summed E-state index contributed by atoms with van der Waals surface area (Å²) in [6.07, 6.45) is 5.17. The molecule has 0 saturated heterocycles. The van der Waals surface area contributed by atoms with E-state index in [0.29, 0.717) is 0 Å². The summed E-state index contributed by atoms with van der Waals surface area (Å²) in [7, 11) is -1.80. The lowest BCUT2D eigenvalue weighted by Crippen LogP contribution is -2.43. The van der Waals surface area contributed by atoms with Crippen molar-refractivity contribution in [3.05, 3.63) is 24.3 Å². The molecule has 0 bridgehead atoms. The van der Waals surface area contributed by atoms with E-state index in [9.17, 15) is 0 Å². The van der Waals surface area contributed by atoms with Crippen LogP contribution in [0.1, 0.15) is 20.8 Å². The quantitative estimate of drug-likeness (QED) is 0.601. The Kier molecular flexibility index (Phi) is 4.47. The second-order valence-corrected chi connectivity index (χ2v) is 10.6. The van der Waals surface area contributed by atoms with Crippen LogP contribution in [-0.2, 0) is 0 Å². The smallest absolute Gasteiger partial charge is 0.250 e. The summed E-state index contributed by atoms with van der Waals surface area (Å²) in [6, 6.07) is 7.67. The van der Waals surface area contributed by atoms with Gasteiger partial charge in [-0.3, -0.25) is 0 Å². The highest BCUT2D eigenvalue weighted by atomic mass is 28.4. The number of ether oxygens (including phenoxy) is 1. The van der Waals surface area contributed by atoms with Crippen molar-refractivity contribution in [2.75, 3.05) is 6.61 Å². The predicted octanol–water partition coefficient (Wildman–Crippen LogP) is 4.08. The zero-order valence-electron chi connectivity index (χ0n) is 11.9. The molecule has 1 aromatic rings. The second kappa shape index (κ2) is 5.49. The Morgan fingerprint density at radius 2 is 1.83 bits per heavy atom. The molecule has 0 aromatic heterocycles. The minimum Gasteiger partial charge on any atom is -0.543 e. The first-order valence-corrected chi connectivity index (χ1v) is 9.02. The van der Waals surface area contributed by atoms with Gasteiger partial charge in [0.15, 0.2) is 0 Å². The van der Waals surface area contributed by atoms with Crippen LogP contribution in [0.5, 0.6) is 11.5 Å². The average Bonchev–Trinajstić information content (AvgIpc) is 2.24. The molecule has 2 nitrogen and oxygen atoms in total. The largest absolute Gasteiger partial charge is 0.543 e. The summed E-state index contributed by atoms with van der Waals surface area (Å²) in [4.78, 5) is 0. The topological polar surface area (TPSA) is 18.5 Å². The molecule has 0 aliphatic rings. The molecule has 0 aliphatic heterocycles. The fourth-order valence-electron chi connectivity index (χ4n) is 1.20. The van der Waals surface area contributed by atoms with E-state index in [1.807, 2.05) is 24.3 Å². The Bertz CT molecular complexity index is 439. The van der Waals surface area contributed by atoms with Crippen molar-refractivity contribution in [1.82, 2.24) is 0 Å². The molecule has 0 amide bonds. The van der Waals surface area contributed by atoms with E-state index >= 15 is 0 Å². The normalized spacial score (nSPS) is 11.8. The number of hydrogen-bond donors (Lipinski definition) is 0. The molecule has 0 fully saturated rings. The van der Waals surface area contributed by atoms with Gasteiger partial charge in [0.25, 0.3) is 0 Å². The monoisotopic (exact) mass is 262 g/mol. The predicted molar refractivity (Wildman–Crippen MR) is 78.6 cm³/mol. The van der Waals surface area contributed by atoms with Crippen LogP contribution in [0.15, 0.2) is 24.3 Å². The van der Waals surface area contributed by atoms with Crippen molar-refractivity contribution in [2.45, 2.75) is 38.9 Å². The Morgan fingerprint density at radius 1 is 1.22 bits per heavy atom. The minimum atomic E-state index is -1.80. The Labute approximate surface area is 111 Å². The van der Waals surface area contributed by atoms with Gasteiger partial charge in [0.05, 0.1) is 0 Å². The van der Waals surface area contributed by atoms with Gasteiger partial charge in [-0.15, -0.1) is 6.42 Å². The third-order valence-corrected chi connectivity index (χ3v) is 7.67. The van der Waals surface area contributed by atoms with Crippen LogP contribution >= 0.6 is 0 Å². The maximum absolute atomic E-state index is 6.19. The molecule has 0 unspecified atom stereocenters. The van der Waals surface area contributed by atoms with Crippen molar-refractivity contribution >= 4 is 8.32 Å². The van der Waals surface area contributed by atoms with Gasteiger partial charge >= 0.3 is 0 Å². The van der Waals surface area contributed by atoms with E-state index in [1.54, 1.807) is 0 Å². The van der Waals surface area contributed by atoms with Crippen LogP contribution in [0.3, 0.4) is 0 Å². The lowest BCUT2D eigenvalue weighted by atomic mass is 10.2. The van der Waals surface area contributed by atoms with Gasteiger partial charge in [-0.2, -0.15) is 0 Å². The summed E-state index contributed by atoms with van der Waals surface area (Å²) in [5.74, 6) is 4.07. The van der Waals surface area contributed by atoms with Crippen molar-refractivity contribution in [1.29, 1.82) is 0 Å². The third kappa shape index (κ3) is 3.81. The highest BCUT2D eigenvalue weighted by Crippen LogP contribution is 2.37. The number of terminal acetylenes is 1. The van der Waals surface area contributed by atoms with Crippen LogP contribution in [0.4, 0.5) is 0 Å². The second-order valence-electron chi connectivity index (χ2n) is 5.83. The summed E-state index contributed by atoms with van der Waals surface area (Å²) in [5, 5.41) is 0.183. The highest BCUT2D eigenvalue weighted by Gasteiger charge is 2.38. The lowest BCUT2D eigenvalue weighted by molar-refractivity contribution is 0.368. The van der Waals surface area contributed by atoms with Crippen LogP contribution in [0.2, 0.25) is 18.1 Å². The third-order valence-electron chi connectivity index (χ3n) is 3.31. The summed E-state index contributed by atoms with van der Waals surface area (Å²) < 4.78 is 11.6. The maximum atomic E-state index is 6.19. The molecular weight excluding hydrogens is 240 g/mol. The van der Waals surface area contributed by atoms with Crippen molar-refractivity contribution in [3.8, 4) is 23.8 Å². The Morgan fingerprint density at radius 3 is 2.39 bits per heavy atom. The van der Waals surface area contributed by atoms with Crippen LogP contribution in [0.25, 0.3) is 0 Å². The molecule has 0 N–H and O–H groups in total. The molecule has 1 aromatic carbocycles. The molecular formula is C15H22O2Si. The van der Waals surface area contributed by atoms with Crippen molar-refractivity contribution in [2.24, 2.45) is 0 Å². The van der Waals surface area contributed by atoms with E-state index in [-0.39, 0.29) is 11.6 Å². The van der Waals surface area contributed by atoms with Gasteiger partial charge in [-0.1, -0.05) is 32.8 Å². The fraction of sp³-hybridized carbons (Fsp3) is 0.467. The van der Waals surface area contributed by atoms with Gasteiger partial charge in [-0.25, -0.2) is 0 Å². The first kappa shape index (κ1) is 14.7. The van der Waals surface area contributed by atoms with Crippen molar-refractivity contribution in [3.63, 3.8) is 0 Å². The van der Waals surface area contributed by atoms with E-state index in [4.69, 9.17) is 15.6 Å². The molecule has 1 rings (SSSR count). The van der Waals surface area contributed by atoms with Gasteiger partial charge in [0.2, 0.25) is 8.32 Å². The summed E-state index contributed by atoms with van der Waals surface area (Å²) >= 11 is 0. The molecule has 0 aliphatic carbocycles. The zero-order valence-corrected chi connectivity index (χ0v) is 12.9. The Balaban J connectivity index is 2.83. The molecule has 18 heavy (non-hydrogen) atoms. The average molecular weight is 262 g/mol. The summed E-state index contributed by atoms with van der Waals surface area (Å²) in [6.45, 7) is 11.4. The zero-order chi connectivity index (χ0) is 13.8. The van der Waals surface area contributed by atoms with Crippen LogP contribution < -0.4 is 9.16 Å². The van der Waals surface area contributed by atoms with E-state index < -0.39 is 8.32 Å². The number of rotatable bonds is 4. The SMILES string of the molecule is C#CCOc1cccc(O[Si](C)(C)C(C)(C)C)c1. The van der Waals surface area contributed by atoms with Gasteiger partial charge in [0.1, 0.15) is 18.1 Å². The first-order valence-electron chi connectivity index (χ1n) is 6.11. The van der Waals surface area contributed by atoms with Crippen molar-refractivity contribution < 1.29 is 9.16 Å². The van der Waals surface area contributed by atoms with Gasteiger partial charge in [-0.05, 0) is 30.3 Å². The summed E-state index contributed by atoms with van der Waals surface area (Å²) in [5.41, 5.74) is 0.